The van der Waals surface area contributed by atoms with Gasteiger partial charge in [-0.3, -0.25) is 4.79 Å². The van der Waals surface area contributed by atoms with Crippen LogP contribution in [0, 0.1) is 0 Å². The van der Waals surface area contributed by atoms with E-state index in [2.05, 4.69) is 12.2 Å². The molecule has 1 amide bonds. The average molecular weight is 337 g/mol. The molecule has 0 aromatic heterocycles. The highest BCUT2D eigenvalue weighted by Crippen LogP contribution is 2.31. The Labute approximate surface area is 140 Å². The molecule has 1 saturated heterocycles. The summed E-state index contributed by atoms with van der Waals surface area (Å²) in [5.74, 6) is 1.23. The smallest absolute Gasteiger partial charge is 0.263 e. The maximum atomic E-state index is 11.7. The van der Waals surface area contributed by atoms with E-state index in [4.69, 9.17) is 21.7 Å². The number of hydrogen-bond donors (Lipinski definition) is 1. The number of rotatable bonds is 7. The van der Waals surface area contributed by atoms with Crippen molar-refractivity contribution in [1.29, 1.82) is 0 Å². The molecule has 22 heavy (non-hydrogen) atoms. The zero-order chi connectivity index (χ0) is 15.9. The van der Waals surface area contributed by atoms with Crippen LogP contribution in [0.4, 0.5) is 0 Å². The number of thiocarbonyl (C=S) groups is 1. The number of unbranched alkanes of at least 4 members (excludes halogenated alkanes) is 2. The number of carbonyl (C=O) groups is 1. The fourth-order valence-electron chi connectivity index (χ4n) is 2.00. The van der Waals surface area contributed by atoms with Crippen molar-refractivity contribution in [3.63, 3.8) is 0 Å². The lowest BCUT2D eigenvalue weighted by Gasteiger charge is -2.11. The summed E-state index contributed by atoms with van der Waals surface area (Å²) in [4.78, 5) is 12.3. The van der Waals surface area contributed by atoms with E-state index in [0.29, 0.717) is 21.6 Å². The van der Waals surface area contributed by atoms with E-state index in [1.165, 1.54) is 11.8 Å². The second-order valence-electron chi connectivity index (χ2n) is 4.82. The Morgan fingerprint density at radius 1 is 1.32 bits per heavy atom. The van der Waals surface area contributed by atoms with Crippen LogP contribution in [0.5, 0.6) is 11.5 Å². The molecule has 1 heterocycles. The van der Waals surface area contributed by atoms with Gasteiger partial charge < -0.3 is 14.8 Å². The van der Waals surface area contributed by atoms with Crippen molar-refractivity contribution in [2.75, 3.05) is 13.7 Å². The standard InChI is InChI=1S/C16H19NO3S2/c1-3-4-5-8-20-12-7-6-11(9-13(12)19-2)10-14-15(18)17-16(21)22-14/h6-7,9-10H,3-5,8H2,1-2H3,(H,17,18,21)/b14-10+. The van der Waals surface area contributed by atoms with E-state index in [1.807, 2.05) is 18.2 Å². The average Bonchev–Trinajstić information content (AvgIpc) is 2.82. The summed E-state index contributed by atoms with van der Waals surface area (Å²) in [5, 5.41) is 2.60. The number of hydrogen-bond acceptors (Lipinski definition) is 5. The van der Waals surface area contributed by atoms with Gasteiger partial charge in [-0.1, -0.05) is 49.8 Å². The van der Waals surface area contributed by atoms with Gasteiger partial charge in [-0.25, -0.2) is 0 Å². The van der Waals surface area contributed by atoms with Gasteiger partial charge in [0.05, 0.1) is 18.6 Å². The Hall–Kier alpha value is -1.53. The highest BCUT2D eigenvalue weighted by Gasteiger charge is 2.22. The number of amides is 1. The maximum absolute atomic E-state index is 11.7. The van der Waals surface area contributed by atoms with Gasteiger partial charge in [-0.15, -0.1) is 0 Å². The van der Waals surface area contributed by atoms with E-state index in [9.17, 15) is 4.79 Å². The molecule has 4 nitrogen and oxygen atoms in total. The summed E-state index contributed by atoms with van der Waals surface area (Å²) >= 11 is 6.24. The fourth-order valence-corrected chi connectivity index (χ4v) is 3.04. The van der Waals surface area contributed by atoms with Crippen LogP contribution in [0.3, 0.4) is 0 Å². The minimum atomic E-state index is -0.158. The lowest BCUT2D eigenvalue weighted by atomic mass is 10.2. The van der Waals surface area contributed by atoms with E-state index in [1.54, 1.807) is 13.2 Å². The van der Waals surface area contributed by atoms with Crippen LogP contribution < -0.4 is 14.8 Å². The lowest BCUT2D eigenvalue weighted by molar-refractivity contribution is -0.115. The summed E-state index contributed by atoms with van der Waals surface area (Å²) in [7, 11) is 1.61. The molecule has 118 valence electrons. The molecular formula is C16H19NO3S2. The first-order chi connectivity index (χ1) is 10.6. The van der Waals surface area contributed by atoms with Gasteiger partial charge in [0.1, 0.15) is 4.32 Å². The topological polar surface area (TPSA) is 47.6 Å². The van der Waals surface area contributed by atoms with Crippen LogP contribution in [0.25, 0.3) is 6.08 Å². The molecule has 0 aliphatic carbocycles. The molecule has 0 unspecified atom stereocenters. The molecule has 1 aliphatic heterocycles. The van der Waals surface area contributed by atoms with Gasteiger partial charge >= 0.3 is 0 Å². The zero-order valence-corrected chi connectivity index (χ0v) is 14.3. The molecule has 0 radical (unpaired) electrons. The Balaban J connectivity index is 2.10. The molecule has 0 atom stereocenters. The molecular weight excluding hydrogens is 318 g/mol. The number of benzene rings is 1. The predicted octanol–water partition coefficient (Wildman–Crippen LogP) is 3.75. The first-order valence-corrected chi connectivity index (χ1v) is 8.42. The van der Waals surface area contributed by atoms with Gasteiger partial charge in [-0.2, -0.15) is 0 Å². The zero-order valence-electron chi connectivity index (χ0n) is 12.7. The minimum Gasteiger partial charge on any atom is -0.493 e. The van der Waals surface area contributed by atoms with Crippen LogP contribution >= 0.6 is 24.0 Å². The first kappa shape index (κ1) is 16.8. The third-order valence-corrected chi connectivity index (χ3v) is 4.30. The molecule has 1 N–H and O–H groups in total. The molecule has 1 aliphatic rings. The highest BCUT2D eigenvalue weighted by atomic mass is 32.2. The van der Waals surface area contributed by atoms with E-state index in [-0.39, 0.29) is 5.91 Å². The Morgan fingerprint density at radius 3 is 2.77 bits per heavy atom. The SMILES string of the molecule is CCCCCOc1ccc(/C=C2/SC(=S)NC2=O)cc1OC. The van der Waals surface area contributed by atoms with Crippen molar-refractivity contribution < 1.29 is 14.3 Å². The molecule has 0 bridgehead atoms. The van der Waals surface area contributed by atoms with E-state index in [0.717, 1.165) is 30.6 Å². The van der Waals surface area contributed by atoms with Crippen LogP contribution in [0.1, 0.15) is 31.7 Å². The van der Waals surface area contributed by atoms with Crippen molar-refractivity contribution in [1.82, 2.24) is 5.32 Å². The summed E-state index contributed by atoms with van der Waals surface area (Å²) in [5.41, 5.74) is 0.875. The summed E-state index contributed by atoms with van der Waals surface area (Å²) in [6.07, 6.45) is 5.13. The molecule has 1 aromatic carbocycles. The van der Waals surface area contributed by atoms with Gasteiger partial charge in [0.15, 0.2) is 11.5 Å². The number of carbonyl (C=O) groups excluding carboxylic acids is 1. The third-order valence-electron chi connectivity index (χ3n) is 3.13. The number of ether oxygens (including phenoxy) is 2. The van der Waals surface area contributed by atoms with Gasteiger partial charge in [0.2, 0.25) is 0 Å². The Kier molecular flexibility index (Phi) is 6.27. The number of thioether (sulfide) groups is 1. The lowest BCUT2D eigenvalue weighted by Crippen LogP contribution is -2.17. The summed E-state index contributed by atoms with van der Waals surface area (Å²) in [6, 6.07) is 5.63. The van der Waals surface area contributed by atoms with Crippen LogP contribution in [-0.2, 0) is 4.79 Å². The van der Waals surface area contributed by atoms with Crippen molar-refractivity contribution in [2.45, 2.75) is 26.2 Å². The third kappa shape index (κ3) is 4.48. The van der Waals surface area contributed by atoms with Crippen molar-refractivity contribution in [3.8, 4) is 11.5 Å². The minimum absolute atomic E-state index is 0.158. The molecule has 1 fully saturated rings. The van der Waals surface area contributed by atoms with Gasteiger partial charge in [0, 0.05) is 0 Å². The maximum Gasteiger partial charge on any atom is 0.263 e. The highest BCUT2D eigenvalue weighted by molar-refractivity contribution is 8.26. The van der Waals surface area contributed by atoms with E-state index < -0.39 is 0 Å². The Morgan fingerprint density at radius 2 is 2.14 bits per heavy atom. The molecule has 1 aromatic rings. The number of methoxy groups -OCH3 is 1. The van der Waals surface area contributed by atoms with Crippen molar-refractivity contribution in [2.24, 2.45) is 0 Å². The molecule has 0 saturated carbocycles. The number of nitrogens with one attached hydrogen (secondary N) is 1. The van der Waals surface area contributed by atoms with Crippen LogP contribution in [-0.4, -0.2) is 23.9 Å². The van der Waals surface area contributed by atoms with Crippen LogP contribution in [0.2, 0.25) is 0 Å². The van der Waals surface area contributed by atoms with Gasteiger partial charge in [0.25, 0.3) is 5.91 Å². The fraction of sp³-hybridized carbons (Fsp3) is 0.375. The van der Waals surface area contributed by atoms with Crippen LogP contribution in [0.15, 0.2) is 23.1 Å². The Bertz CT molecular complexity index is 599. The second kappa shape index (κ2) is 8.19. The van der Waals surface area contributed by atoms with E-state index >= 15 is 0 Å². The first-order valence-electron chi connectivity index (χ1n) is 7.19. The molecule has 6 heteroatoms. The second-order valence-corrected chi connectivity index (χ2v) is 6.54. The summed E-state index contributed by atoms with van der Waals surface area (Å²) < 4.78 is 11.6. The molecule has 2 rings (SSSR count). The van der Waals surface area contributed by atoms with Crippen molar-refractivity contribution in [3.05, 3.63) is 28.7 Å². The van der Waals surface area contributed by atoms with Crippen molar-refractivity contribution >= 4 is 40.3 Å². The van der Waals surface area contributed by atoms with Gasteiger partial charge in [-0.05, 0) is 30.2 Å². The quantitative estimate of drug-likeness (QED) is 0.466. The largest absolute Gasteiger partial charge is 0.493 e. The molecule has 0 spiro atoms. The predicted molar refractivity (Wildman–Crippen MR) is 94.3 cm³/mol. The monoisotopic (exact) mass is 337 g/mol. The normalized spacial score (nSPS) is 16.0. The summed E-state index contributed by atoms with van der Waals surface area (Å²) in [6.45, 7) is 2.84.